The summed E-state index contributed by atoms with van der Waals surface area (Å²) in [5.41, 5.74) is 2.18. The third-order valence-electron chi connectivity index (χ3n) is 6.50. The highest BCUT2D eigenvalue weighted by Gasteiger charge is 2.42. The highest BCUT2D eigenvalue weighted by atomic mass is 16.7. The molecule has 7 heteroatoms. The van der Waals surface area contributed by atoms with Gasteiger partial charge < -0.3 is 19.1 Å². The monoisotopic (exact) mass is 386 g/mol. The van der Waals surface area contributed by atoms with Gasteiger partial charge in [0.25, 0.3) is 0 Å². The molecule has 3 fully saturated rings. The van der Waals surface area contributed by atoms with Gasteiger partial charge in [-0.2, -0.15) is 0 Å². The van der Waals surface area contributed by atoms with Crippen LogP contribution in [0.25, 0.3) is 0 Å². The van der Waals surface area contributed by atoms with Gasteiger partial charge >= 0.3 is 0 Å². The molecule has 0 unspecified atom stereocenters. The van der Waals surface area contributed by atoms with Crippen LogP contribution in [0.4, 0.5) is 5.69 Å². The molecule has 7 nitrogen and oxygen atoms in total. The van der Waals surface area contributed by atoms with Crippen molar-refractivity contribution in [3.05, 3.63) is 23.8 Å². The number of anilines is 1. The summed E-state index contributed by atoms with van der Waals surface area (Å²) in [6.07, 6.45) is 4.73. The van der Waals surface area contributed by atoms with E-state index in [2.05, 4.69) is 22.3 Å². The summed E-state index contributed by atoms with van der Waals surface area (Å²) in [6.45, 7) is 2.58. The van der Waals surface area contributed by atoms with Gasteiger partial charge in [-0.25, -0.2) is 0 Å². The molecule has 1 N–H and O–H groups in total. The molecule has 0 bridgehead atoms. The van der Waals surface area contributed by atoms with Gasteiger partial charge in [-0.1, -0.05) is 12.1 Å². The summed E-state index contributed by atoms with van der Waals surface area (Å²) < 4.78 is 17.8. The summed E-state index contributed by atoms with van der Waals surface area (Å²) in [6, 6.07) is 5.90. The van der Waals surface area contributed by atoms with Gasteiger partial charge in [-0.15, -0.1) is 0 Å². The Balaban J connectivity index is 1.39. The van der Waals surface area contributed by atoms with Crippen LogP contribution in [0.1, 0.15) is 50.0 Å². The fraction of sp³-hybridized carbons (Fsp3) is 0.619. The van der Waals surface area contributed by atoms with E-state index >= 15 is 0 Å². The number of rotatable bonds is 2. The molecule has 28 heavy (non-hydrogen) atoms. The first-order valence-electron chi connectivity index (χ1n) is 10.3. The Labute approximate surface area is 164 Å². The average molecular weight is 386 g/mol. The smallest absolute Gasteiger partial charge is 0.249 e. The molecule has 150 valence electrons. The van der Waals surface area contributed by atoms with Gasteiger partial charge in [-0.3, -0.25) is 14.9 Å². The summed E-state index contributed by atoms with van der Waals surface area (Å²) in [4.78, 5) is 26.0. The Morgan fingerprint density at radius 2 is 1.82 bits per heavy atom. The van der Waals surface area contributed by atoms with Crippen molar-refractivity contribution in [3.8, 4) is 5.75 Å². The van der Waals surface area contributed by atoms with Crippen LogP contribution in [0.3, 0.4) is 0 Å². The van der Waals surface area contributed by atoms with E-state index in [1.54, 1.807) is 0 Å². The lowest BCUT2D eigenvalue weighted by molar-refractivity contribution is -0.178. The van der Waals surface area contributed by atoms with Crippen LogP contribution in [0.15, 0.2) is 18.2 Å². The van der Waals surface area contributed by atoms with Crippen LogP contribution in [0.2, 0.25) is 0 Å². The van der Waals surface area contributed by atoms with Crippen LogP contribution in [-0.2, 0) is 19.1 Å². The maximum Gasteiger partial charge on any atom is 0.249 e. The highest BCUT2D eigenvalue weighted by Crippen LogP contribution is 2.47. The molecule has 4 aliphatic rings. The third-order valence-corrected chi connectivity index (χ3v) is 6.50. The van der Waals surface area contributed by atoms with E-state index in [4.69, 9.17) is 14.2 Å². The predicted molar refractivity (Wildman–Crippen MR) is 101 cm³/mol. The summed E-state index contributed by atoms with van der Waals surface area (Å²) >= 11 is 0. The van der Waals surface area contributed by atoms with Crippen molar-refractivity contribution in [2.24, 2.45) is 0 Å². The van der Waals surface area contributed by atoms with Gasteiger partial charge in [0, 0.05) is 19.3 Å². The number of hydrogen-bond acceptors (Lipinski definition) is 6. The Bertz CT molecular complexity index is 779. The van der Waals surface area contributed by atoms with Gasteiger partial charge in [0.1, 0.15) is 18.4 Å². The summed E-state index contributed by atoms with van der Waals surface area (Å²) in [5, 5.41) is 2.48. The lowest BCUT2D eigenvalue weighted by atomic mass is 9.80. The molecule has 1 saturated carbocycles. The number of ether oxygens (including phenoxy) is 3. The number of piperidine rings is 1. The molecular weight excluding hydrogens is 360 g/mol. The molecule has 3 aliphatic heterocycles. The van der Waals surface area contributed by atoms with Crippen LogP contribution < -0.4 is 15.0 Å². The number of imide groups is 1. The van der Waals surface area contributed by atoms with Crippen LogP contribution in [0.5, 0.6) is 5.75 Å². The van der Waals surface area contributed by atoms with Gasteiger partial charge in [0.15, 0.2) is 5.79 Å². The first kappa shape index (κ1) is 17.9. The molecule has 1 atom stereocenters. The fourth-order valence-corrected chi connectivity index (χ4v) is 5.07. The maximum atomic E-state index is 12.4. The van der Waals surface area contributed by atoms with E-state index in [1.165, 1.54) is 5.56 Å². The van der Waals surface area contributed by atoms with E-state index < -0.39 is 0 Å². The fourth-order valence-electron chi connectivity index (χ4n) is 5.07. The molecular formula is C21H26N2O5. The zero-order valence-corrected chi connectivity index (χ0v) is 15.9. The molecule has 1 aliphatic carbocycles. The van der Waals surface area contributed by atoms with Gasteiger partial charge in [0.05, 0.1) is 25.4 Å². The topological polar surface area (TPSA) is 77.1 Å². The standard InChI is InChI=1S/C21H26N2O5/c24-18-5-4-17(20(25)22-18)23-10-11-26-19-15(2-1-3-16(19)23)14-6-8-21(9-7-14)27-12-13-28-21/h1-3,14,17H,4-13H2,(H,22,24,25)/t17-/m1/s1. The Morgan fingerprint density at radius 3 is 2.57 bits per heavy atom. The third kappa shape index (κ3) is 3.06. The van der Waals surface area contributed by atoms with Crippen molar-refractivity contribution in [2.75, 3.05) is 31.3 Å². The van der Waals surface area contributed by atoms with Crippen LogP contribution in [-0.4, -0.2) is 50.0 Å². The van der Waals surface area contributed by atoms with E-state index in [0.717, 1.165) is 37.1 Å². The van der Waals surface area contributed by atoms with Crippen molar-refractivity contribution in [1.82, 2.24) is 5.32 Å². The predicted octanol–water partition coefficient (Wildman–Crippen LogP) is 2.09. The molecule has 0 aromatic heterocycles. The second kappa shape index (κ2) is 7.04. The van der Waals surface area contributed by atoms with Crippen molar-refractivity contribution in [2.45, 2.75) is 56.3 Å². The molecule has 2 saturated heterocycles. The molecule has 2 amide bonds. The van der Waals surface area contributed by atoms with Crippen molar-refractivity contribution in [1.29, 1.82) is 0 Å². The minimum absolute atomic E-state index is 0.184. The van der Waals surface area contributed by atoms with Crippen LogP contribution >= 0.6 is 0 Å². The van der Waals surface area contributed by atoms with Crippen molar-refractivity contribution in [3.63, 3.8) is 0 Å². The Hall–Kier alpha value is -2.12. The van der Waals surface area contributed by atoms with E-state index in [9.17, 15) is 9.59 Å². The van der Waals surface area contributed by atoms with E-state index in [1.807, 2.05) is 6.07 Å². The number of hydrogen-bond donors (Lipinski definition) is 1. The summed E-state index contributed by atoms with van der Waals surface area (Å²) in [7, 11) is 0. The zero-order chi connectivity index (χ0) is 19.1. The largest absolute Gasteiger partial charge is 0.489 e. The highest BCUT2D eigenvalue weighted by molar-refractivity contribution is 6.01. The second-order valence-electron chi connectivity index (χ2n) is 8.09. The molecule has 3 heterocycles. The number of nitrogens with one attached hydrogen (secondary N) is 1. The lowest BCUT2D eigenvalue weighted by Gasteiger charge is -2.40. The molecule has 0 radical (unpaired) electrons. The SMILES string of the molecule is O=C1CC[C@@H](N2CCOc3c(C4CCC5(CC4)OCCO5)cccc32)C(=O)N1. The summed E-state index contributed by atoms with van der Waals surface area (Å²) in [5.74, 6) is 0.536. The number of benzene rings is 1. The van der Waals surface area contributed by atoms with E-state index in [0.29, 0.717) is 45.1 Å². The number of fused-ring (bicyclic) bond motifs is 1. The molecule has 1 aromatic rings. The molecule has 1 spiro atoms. The lowest BCUT2D eigenvalue weighted by Crippen LogP contribution is -2.54. The van der Waals surface area contributed by atoms with Crippen LogP contribution in [0, 0.1) is 0 Å². The van der Waals surface area contributed by atoms with Gasteiger partial charge in [-0.05, 0) is 36.8 Å². The van der Waals surface area contributed by atoms with E-state index in [-0.39, 0.29) is 23.6 Å². The van der Waals surface area contributed by atoms with Gasteiger partial charge in [0.2, 0.25) is 11.8 Å². The number of nitrogens with zero attached hydrogens (tertiary/aromatic N) is 1. The minimum atomic E-state index is -0.370. The number of amides is 2. The first-order chi connectivity index (χ1) is 13.7. The number of carbonyl (C=O) groups is 2. The minimum Gasteiger partial charge on any atom is -0.489 e. The maximum absolute atomic E-state index is 12.4. The first-order valence-corrected chi connectivity index (χ1v) is 10.3. The normalized spacial score (nSPS) is 27.4. The number of para-hydroxylation sites is 1. The zero-order valence-electron chi connectivity index (χ0n) is 15.9. The molecule has 5 rings (SSSR count). The second-order valence-corrected chi connectivity index (χ2v) is 8.09. The quantitative estimate of drug-likeness (QED) is 0.785. The Morgan fingerprint density at radius 1 is 1.04 bits per heavy atom. The van der Waals surface area contributed by atoms with Crippen molar-refractivity contribution < 1.29 is 23.8 Å². The molecule has 1 aromatic carbocycles. The number of carbonyl (C=O) groups excluding carboxylic acids is 2. The Kier molecular flexibility index (Phi) is 4.51. The average Bonchev–Trinajstić information content (AvgIpc) is 3.16. The van der Waals surface area contributed by atoms with Crippen molar-refractivity contribution >= 4 is 17.5 Å².